The number of ether oxygens (including phenoxy) is 1. The average molecular weight is 353 g/mol. The van der Waals surface area contributed by atoms with Crippen molar-refractivity contribution >= 4 is 11.9 Å². The first-order valence-corrected chi connectivity index (χ1v) is 8.82. The molecular formula is C21H23NO4. The largest absolute Gasteiger partial charge is 0.481 e. The highest BCUT2D eigenvalue weighted by Crippen LogP contribution is 2.33. The normalized spacial score (nSPS) is 19.5. The molecule has 1 N–H and O–H groups in total. The molecule has 3 rings (SSSR count). The number of carboxylic acid groups (broad SMARTS) is 1. The number of aliphatic carboxylic acids is 1. The highest BCUT2D eigenvalue weighted by Gasteiger charge is 2.40. The van der Waals surface area contributed by atoms with Gasteiger partial charge in [0, 0.05) is 19.0 Å². The van der Waals surface area contributed by atoms with E-state index in [1.807, 2.05) is 60.7 Å². The third-order valence-corrected chi connectivity index (χ3v) is 4.79. The van der Waals surface area contributed by atoms with Crippen molar-refractivity contribution in [3.8, 4) is 0 Å². The van der Waals surface area contributed by atoms with Crippen LogP contribution in [-0.2, 0) is 20.9 Å². The zero-order valence-corrected chi connectivity index (χ0v) is 14.6. The van der Waals surface area contributed by atoms with Crippen LogP contribution < -0.4 is 0 Å². The fourth-order valence-electron chi connectivity index (χ4n) is 3.38. The summed E-state index contributed by atoms with van der Waals surface area (Å²) in [6.07, 6.45) is 0.265. The lowest BCUT2D eigenvalue weighted by molar-refractivity contribution is -0.141. The van der Waals surface area contributed by atoms with Gasteiger partial charge in [-0.05, 0) is 11.1 Å². The first-order valence-electron chi connectivity index (χ1n) is 8.82. The quantitative estimate of drug-likeness (QED) is 0.777. The number of hydrogen-bond donors (Lipinski definition) is 1. The van der Waals surface area contributed by atoms with Crippen LogP contribution in [0, 0.1) is 5.92 Å². The Morgan fingerprint density at radius 1 is 1.00 bits per heavy atom. The van der Waals surface area contributed by atoms with Crippen molar-refractivity contribution in [3.63, 3.8) is 0 Å². The number of rotatable bonds is 7. The summed E-state index contributed by atoms with van der Waals surface area (Å²) >= 11 is 0. The van der Waals surface area contributed by atoms with E-state index in [9.17, 15) is 14.7 Å². The van der Waals surface area contributed by atoms with Gasteiger partial charge < -0.3 is 14.7 Å². The van der Waals surface area contributed by atoms with Gasteiger partial charge in [0.25, 0.3) is 0 Å². The molecule has 0 bridgehead atoms. The summed E-state index contributed by atoms with van der Waals surface area (Å²) in [5, 5.41) is 9.52. The highest BCUT2D eigenvalue weighted by molar-refractivity contribution is 5.79. The van der Waals surface area contributed by atoms with E-state index in [4.69, 9.17) is 4.74 Å². The summed E-state index contributed by atoms with van der Waals surface area (Å²) in [6.45, 7) is 1.50. The average Bonchev–Trinajstić information content (AvgIpc) is 3.12. The van der Waals surface area contributed by atoms with Crippen LogP contribution >= 0.6 is 0 Å². The predicted octanol–water partition coefficient (Wildman–Crippen LogP) is 2.92. The molecule has 1 saturated heterocycles. The smallest absolute Gasteiger partial charge is 0.308 e. The number of hydrogen-bond acceptors (Lipinski definition) is 3. The molecule has 5 nitrogen and oxygen atoms in total. The monoisotopic (exact) mass is 353 g/mol. The Kier molecular flexibility index (Phi) is 6.02. The van der Waals surface area contributed by atoms with Gasteiger partial charge in [0.2, 0.25) is 5.91 Å². The minimum Gasteiger partial charge on any atom is -0.481 e. The number of amides is 1. The molecule has 0 aliphatic carbocycles. The number of likely N-dealkylation sites (tertiary alicyclic amines) is 1. The van der Waals surface area contributed by atoms with Gasteiger partial charge in [0.1, 0.15) is 0 Å². The summed E-state index contributed by atoms with van der Waals surface area (Å²) in [4.78, 5) is 25.7. The van der Waals surface area contributed by atoms with Crippen LogP contribution in [0.1, 0.15) is 23.5 Å². The molecule has 2 atom stereocenters. The van der Waals surface area contributed by atoms with E-state index >= 15 is 0 Å². The van der Waals surface area contributed by atoms with Crippen molar-refractivity contribution in [2.75, 3.05) is 19.7 Å². The van der Waals surface area contributed by atoms with Crippen molar-refractivity contribution in [1.82, 2.24) is 4.90 Å². The molecule has 1 aliphatic rings. The Morgan fingerprint density at radius 2 is 1.65 bits per heavy atom. The first-order chi connectivity index (χ1) is 12.6. The molecule has 136 valence electrons. The maximum Gasteiger partial charge on any atom is 0.308 e. The van der Waals surface area contributed by atoms with Crippen LogP contribution in [0.5, 0.6) is 0 Å². The maximum atomic E-state index is 12.5. The maximum absolute atomic E-state index is 12.5. The van der Waals surface area contributed by atoms with E-state index in [1.54, 1.807) is 4.90 Å². The summed E-state index contributed by atoms with van der Waals surface area (Å²) in [5.74, 6) is -1.63. The van der Waals surface area contributed by atoms with Crippen LogP contribution in [0.2, 0.25) is 0 Å². The van der Waals surface area contributed by atoms with E-state index in [0.717, 1.165) is 11.1 Å². The molecule has 1 heterocycles. The zero-order chi connectivity index (χ0) is 18.4. The molecule has 1 fully saturated rings. The van der Waals surface area contributed by atoms with E-state index in [1.165, 1.54) is 0 Å². The molecule has 0 saturated carbocycles. The van der Waals surface area contributed by atoms with Crippen LogP contribution in [0.25, 0.3) is 0 Å². The minimum absolute atomic E-state index is 0.0530. The third kappa shape index (κ3) is 4.49. The second-order valence-electron chi connectivity index (χ2n) is 6.55. The van der Waals surface area contributed by atoms with E-state index in [2.05, 4.69) is 0 Å². The first kappa shape index (κ1) is 18.1. The van der Waals surface area contributed by atoms with Crippen LogP contribution in [0.15, 0.2) is 60.7 Å². The fraction of sp³-hybridized carbons (Fsp3) is 0.333. The fourth-order valence-corrected chi connectivity index (χ4v) is 3.38. The van der Waals surface area contributed by atoms with Crippen LogP contribution in [0.4, 0.5) is 0 Å². The Balaban J connectivity index is 1.52. The number of carboxylic acids is 1. The second kappa shape index (κ2) is 8.63. The van der Waals surface area contributed by atoms with E-state index in [-0.39, 0.29) is 24.8 Å². The van der Waals surface area contributed by atoms with Gasteiger partial charge in [-0.1, -0.05) is 60.7 Å². The predicted molar refractivity (Wildman–Crippen MR) is 97.6 cm³/mol. The van der Waals surface area contributed by atoms with Gasteiger partial charge >= 0.3 is 5.97 Å². The lowest BCUT2D eigenvalue weighted by Crippen LogP contribution is -2.30. The molecule has 1 aliphatic heterocycles. The summed E-state index contributed by atoms with van der Waals surface area (Å²) in [7, 11) is 0. The molecule has 2 aromatic carbocycles. The van der Waals surface area contributed by atoms with Gasteiger partial charge in [0.05, 0.1) is 25.6 Å². The molecule has 0 aromatic heterocycles. The zero-order valence-electron chi connectivity index (χ0n) is 14.6. The minimum atomic E-state index is -0.852. The number of nitrogens with zero attached hydrogens (tertiary/aromatic N) is 1. The van der Waals surface area contributed by atoms with Crippen LogP contribution in [0.3, 0.4) is 0 Å². The number of benzene rings is 2. The molecule has 2 aromatic rings. The molecular weight excluding hydrogens is 330 g/mol. The summed E-state index contributed by atoms with van der Waals surface area (Å²) in [6, 6.07) is 19.4. The molecule has 0 unspecified atom stereocenters. The Labute approximate surface area is 153 Å². The van der Waals surface area contributed by atoms with Gasteiger partial charge in [-0.3, -0.25) is 9.59 Å². The summed E-state index contributed by atoms with van der Waals surface area (Å²) < 4.78 is 5.57. The van der Waals surface area contributed by atoms with Crippen molar-refractivity contribution < 1.29 is 19.4 Å². The Hall–Kier alpha value is -2.66. The lowest BCUT2D eigenvalue weighted by atomic mass is 9.89. The topological polar surface area (TPSA) is 66.8 Å². The van der Waals surface area contributed by atoms with Crippen LogP contribution in [-0.4, -0.2) is 41.6 Å². The van der Waals surface area contributed by atoms with Gasteiger partial charge in [0.15, 0.2) is 0 Å². The number of carbonyl (C=O) groups excluding carboxylic acids is 1. The van der Waals surface area contributed by atoms with Crippen molar-refractivity contribution in [3.05, 3.63) is 71.8 Å². The van der Waals surface area contributed by atoms with Crippen molar-refractivity contribution in [2.24, 2.45) is 5.92 Å². The second-order valence-corrected chi connectivity index (χ2v) is 6.55. The molecule has 5 heteroatoms. The van der Waals surface area contributed by atoms with Gasteiger partial charge in [-0.2, -0.15) is 0 Å². The lowest BCUT2D eigenvalue weighted by Gasteiger charge is -2.16. The van der Waals surface area contributed by atoms with Gasteiger partial charge in [-0.15, -0.1) is 0 Å². The number of carbonyl (C=O) groups is 2. The standard InChI is InChI=1S/C21H23NO4/c23-20(11-12-26-15-16-7-3-1-4-8-16)22-13-18(19(14-22)21(24)25)17-9-5-2-6-10-17/h1-10,18-19H,11-15H2,(H,24,25)/t18-,19-/m1/s1. The van der Waals surface area contributed by atoms with Crippen molar-refractivity contribution in [2.45, 2.75) is 18.9 Å². The summed E-state index contributed by atoms with van der Waals surface area (Å²) in [5.41, 5.74) is 2.03. The SMILES string of the molecule is O=C(O)[C@@H]1CN(C(=O)CCOCc2ccccc2)C[C@@H]1c1ccccc1. The third-order valence-electron chi connectivity index (χ3n) is 4.79. The van der Waals surface area contributed by atoms with E-state index in [0.29, 0.717) is 19.8 Å². The molecule has 1 amide bonds. The molecule has 0 spiro atoms. The van der Waals surface area contributed by atoms with Crippen molar-refractivity contribution in [1.29, 1.82) is 0 Å². The highest BCUT2D eigenvalue weighted by atomic mass is 16.5. The molecule has 26 heavy (non-hydrogen) atoms. The Morgan fingerprint density at radius 3 is 2.31 bits per heavy atom. The van der Waals surface area contributed by atoms with Gasteiger partial charge in [-0.25, -0.2) is 0 Å². The molecule has 0 radical (unpaired) electrons. The Bertz CT molecular complexity index is 732. The van der Waals surface area contributed by atoms with E-state index < -0.39 is 11.9 Å².